The summed E-state index contributed by atoms with van der Waals surface area (Å²) in [6, 6.07) is 0. The van der Waals surface area contributed by atoms with Crippen LogP contribution in [-0.2, 0) is 0 Å². The van der Waals surface area contributed by atoms with Crippen molar-refractivity contribution >= 4 is 13.5 Å². The predicted molar refractivity (Wildman–Crippen MR) is 30.9 cm³/mol. The zero-order valence-electron chi connectivity index (χ0n) is 4.08. The van der Waals surface area contributed by atoms with Gasteiger partial charge in [0, 0.05) is 0 Å². The molecule has 0 fully saturated rings. The fourth-order valence-electron chi connectivity index (χ4n) is 0. The highest BCUT2D eigenvalue weighted by atomic mass is 32.1. The van der Waals surface area contributed by atoms with Crippen molar-refractivity contribution in [3.05, 3.63) is 0 Å². The highest BCUT2D eigenvalue weighted by Gasteiger charge is 1.68. The second-order valence-electron chi connectivity index (χ2n) is 1.73. The second kappa shape index (κ2) is 4.35. The van der Waals surface area contributed by atoms with E-state index < -0.39 is 0 Å². The Morgan fingerprint density at radius 1 is 1.00 bits per heavy atom. The summed E-state index contributed by atoms with van der Waals surface area (Å²) in [6.07, 6.45) is 0. The molecule has 0 saturated carbocycles. The monoisotopic (exact) mass is 92.1 g/mol. The molecule has 0 aromatic carbocycles. The molecule has 0 radical (unpaired) electrons. The summed E-state index contributed by atoms with van der Waals surface area (Å²) in [6.45, 7) is 6.50. The summed E-state index contributed by atoms with van der Waals surface area (Å²) in [5.41, 5.74) is 0. The van der Waals surface area contributed by atoms with E-state index in [1.54, 1.807) is 0 Å². The van der Waals surface area contributed by atoms with Gasteiger partial charge in [-0.3, -0.25) is 0 Å². The van der Waals surface area contributed by atoms with Crippen LogP contribution < -0.4 is 0 Å². The van der Waals surface area contributed by atoms with Gasteiger partial charge in [-0.25, -0.2) is 0 Å². The molecule has 5 heavy (non-hydrogen) atoms. The molecule has 0 aliphatic carbocycles. The van der Waals surface area contributed by atoms with E-state index >= 15 is 0 Å². The molecule has 0 rings (SSSR count). The lowest BCUT2D eigenvalue weighted by Crippen LogP contribution is -1.66. The zero-order chi connectivity index (χ0) is 3.58. The van der Waals surface area contributed by atoms with Crippen LogP contribution in [0.3, 0.4) is 0 Å². The Labute approximate surface area is 41.0 Å². The van der Waals surface area contributed by atoms with Crippen molar-refractivity contribution < 1.29 is 0 Å². The van der Waals surface area contributed by atoms with Gasteiger partial charge in [0.25, 0.3) is 0 Å². The third kappa shape index (κ3) is 196. The lowest BCUT2D eigenvalue weighted by atomic mass is 10.3. The fraction of sp³-hybridized carbons (Fsp3) is 1.00. The maximum absolute atomic E-state index is 2.17. The zero-order valence-corrected chi connectivity index (χ0v) is 5.08. The minimum Gasteiger partial charge on any atom is -0.197 e. The van der Waals surface area contributed by atoms with Crippen LogP contribution in [0, 0.1) is 5.92 Å². The van der Waals surface area contributed by atoms with Crippen molar-refractivity contribution in [3.8, 4) is 0 Å². The van der Waals surface area contributed by atoms with Crippen molar-refractivity contribution in [1.29, 1.82) is 0 Å². The summed E-state index contributed by atoms with van der Waals surface area (Å²) in [7, 11) is 0. The molecular formula is C4H12S. The van der Waals surface area contributed by atoms with Crippen LogP contribution in [0.15, 0.2) is 0 Å². The molecular weight excluding hydrogens is 80.1 g/mol. The lowest BCUT2D eigenvalue weighted by molar-refractivity contribution is 0.737. The molecule has 0 N–H and O–H groups in total. The molecule has 0 amide bonds. The molecule has 0 aliphatic heterocycles. The third-order valence-electron chi connectivity index (χ3n) is 0. The molecule has 34 valence electrons. The standard InChI is InChI=1S/C4H10.H2S/c1-4(2)3;/h4H,1-3H3;1H2. The first-order chi connectivity index (χ1) is 1.73. The number of hydrogen-bond acceptors (Lipinski definition) is 0. The Morgan fingerprint density at radius 2 is 1.00 bits per heavy atom. The van der Waals surface area contributed by atoms with Crippen molar-refractivity contribution in [2.75, 3.05) is 0 Å². The minimum absolute atomic E-state index is 0. The highest BCUT2D eigenvalue weighted by molar-refractivity contribution is 7.59. The van der Waals surface area contributed by atoms with Gasteiger partial charge in [-0.1, -0.05) is 20.8 Å². The molecule has 0 unspecified atom stereocenters. The maximum atomic E-state index is 2.17. The highest BCUT2D eigenvalue weighted by Crippen LogP contribution is 1.81. The van der Waals surface area contributed by atoms with Crippen molar-refractivity contribution in [2.24, 2.45) is 5.92 Å². The van der Waals surface area contributed by atoms with Crippen LogP contribution in [0.4, 0.5) is 0 Å². The third-order valence-corrected chi connectivity index (χ3v) is 0. The summed E-state index contributed by atoms with van der Waals surface area (Å²) >= 11 is 0. The predicted octanol–water partition coefficient (Wildman–Crippen LogP) is 1.78. The van der Waals surface area contributed by atoms with Gasteiger partial charge in [-0.05, 0) is 5.92 Å². The first kappa shape index (κ1) is 9.02. The Balaban J connectivity index is 0. The normalized spacial score (nSPS) is 7.20. The molecule has 0 aromatic rings. The van der Waals surface area contributed by atoms with E-state index in [4.69, 9.17) is 0 Å². The summed E-state index contributed by atoms with van der Waals surface area (Å²) in [5, 5.41) is 0. The van der Waals surface area contributed by atoms with Crippen LogP contribution in [0.2, 0.25) is 0 Å². The molecule has 0 bridgehead atoms. The van der Waals surface area contributed by atoms with Crippen LogP contribution in [0.1, 0.15) is 20.8 Å². The molecule has 0 atom stereocenters. The molecule has 0 heterocycles. The molecule has 0 nitrogen and oxygen atoms in total. The van der Waals surface area contributed by atoms with E-state index in [0.29, 0.717) is 0 Å². The van der Waals surface area contributed by atoms with Gasteiger partial charge in [0.1, 0.15) is 0 Å². The molecule has 0 saturated heterocycles. The SMILES string of the molecule is CC(C)C.S. The molecule has 0 spiro atoms. The van der Waals surface area contributed by atoms with Crippen molar-refractivity contribution in [1.82, 2.24) is 0 Å². The van der Waals surface area contributed by atoms with Gasteiger partial charge in [-0.15, -0.1) is 0 Å². The van der Waals surface area contributed by atoms with Crippen LogP contribution in [-0.4, -0.2) is 0 Å². The summed E-state index contributed by atoms with van der Waals surface area (Å²) < 4.78 is 0. The first-order valence-electron chi connectivity index (χ1n) is 1.73. The Hall–Kier alpha value is 0.350. The van der Waals surface area contributed by atoms with Gasteiger partial charge in [0.2, 0.25) is 0 Å². The van der Waals surface area contributed by atoms with E-state index in [2.05, 4.69) is 20.8 Å². The number of hydrogen-bond donors (Lipinski definition) is 0. The molecule has 1 heteroatoms. The smallest absolute Gasteiger partial charge is 0.0500 e. The largest absolute Gasteiger partial charge is 0.197 e. The Kier molecular flexibility index (Phi) is 7.85. The molecule has 0 aromatic heterocycles. The fourth-order valence-corrected chi connectivity index (χ4v) is 0. The minimum atomic E-state index is 0. The van der Waals surface area contributed by atoms with E-state index in [-0.39, 0.29) is 13.5 Å². The summed E-state index contributed by atoms with van der Waals surface area (Å²) in [5.74, 6) is 0.833. The van der Waals surface area contributed by atoms with E-state index in [9.17, 15) is 0 Å². The average molecular weight is 92.2 g/mol. The van der Waals surface area contributed by atoms with Crippen molar-refractivity contribution in [2.45, 2.75) is 20.8 Å². The second-order valence-corrected chi connectivity index (χ2v) is 1.73. The van der Waals surface area contributed by atoms with Crippen LogP contribution in [0.25, 0.3) is 0 Å². The topological polar surface area (TPSA) is 0 Å². The first-order valence-corrected chi connectivity index (χ1v) is 1.73. The average Bonchev–Trinajstić information content (AvgIpc) is 0.811. The van der Waals surface area contributed by atoms with Gasteiger partial charge >= 0.3 is 0 Å². The van der Waals surface area contributed by atoms with E-state index in [1.165, 1.54) is 0 Å². The lowest BCUT2D eigenvalue weighted by Gasteiger charge is -1.79. The van der Waals surface area contributed by atoms with E-state index in [0.717, 1.165) is 5.92 Å². The van der Waals surface area contributed by atoms with Gasteiger partial charge in [0.15, 0.2) is 0 Å². The van der Waals surface area contributed by atoms with Crippen LogP contribution in [0.5, 0.6) is 0 Å². The van der Waals surface area contributed by atoms with Crippen molar-refractivity contribution in [3.63, 3.8) is 0 Å². The Morgan fingerprint density at radius 3 is 1.00 bits per heavy atom. The molecule has 0 aliphatic rings. The maximum Gasteiger partial charge on any atom is -0.0500 e. The van der Waals surface area contributed by atoms with E-state index in [1.807, 2.05) is 0 Å². The van der Waals surface area contributed by atoms with Crippen LogP contribution >= 0.6 is 13.5 Å². The Bertz CT molecular complexity index is 8.36. The van der Waals surface area contributed by atoms with Gasteiger partial charge < -0.3 is 0 Å². The number of rotatable bonds is 0. The summed E-state index contributed by atoms with van der Waals surface area (Å²) in [4.78, 5) is 0. The van der Waals surface area contributed by atoms with Gasteiger partial charge in [0.05, 0.1) is 0 Å². The van der Waals surface area contributed by atoms with Gasteiger partial charge in [-0.2, -0.15) is 13.5 Å². The quantitative estimate of drug-likeness (QED) is 0.427.